The summed E-state index contributed by atoms with van der Waals surface area (Å²) in [4.78, 5) is 25.9. The van der Waals surface area contributed by atoms with Crippen LogP contribution in [0.3, 0.4) is 0 Å². The SMILES string of the molecule is CC(=O)Oc1ccc2ccccc2c1CN(C(C)=O)c1ccc2ccccc2c1. The number of hydrogen-bond donors (Lipinski definition) is 0. The van der Waals surface area contributed by atoms with Crippen molar-refractivity contribution in [1.29, 1.82) is 0 Å². The van der Waals surface area contributed by atoms with Gasteiger partial charge in [-0.2, -0.15) is 0 Å². The minimum Gasteiger partial charge on any atom is -0.426 e. The van der Waals surface area contributed by atoms with Gasteiger partial charge in [0.2, 0.25) is 5.91 Å². The number of anilines is 1. The molecule has 0 spiro atoms. The van der Waals surface area contributed by atoms with Crippen LogP contribution in [0.4, 0.5) is 5.69 Å². The van der Waals surface area contributed by atoms with Gasteiger partial charge in [0.1, 0.15) is 5.75 Å². The summed E-state index contributed by atoms with van der Waals surface area (Å²) in [6.07, 6.45) is 0. The van der Waals surface area contributed by atoms with E-state index in [-0.39, 0.29) is 11.9 Å². The zero-order valence-corrected chi connectivity index (χ0v) is 16.4. The topological polar surface area (TPSA) is 46.6 Å². The van der Waals surface area contributed by atoms with Crippen molar-refractivity contribution in [3.8, 4) is 5.75 Å². The summed E-state index contributed by atoms with van der Waals surface area (Å²) >= 11 is 0. The van der Waals surface area contributed by atoms with E-state index in [4.69, 9.17) is 4.74 Å². The second-order valence-corrected chi connectivity index (χ2v) is 6.99. The minimum atomic E-state index is -0.387. The molecule has 4 aromatic carbocycles. The van der Waals surface area contributed by atoms with Crippen molar-refractivity contribution in [3.05, 3.63) is 84.4 Å². The first kappa shape index (κ1) is 18.7. The summed E-state index contributed by atoms with van der Waals surface area (Å²) in [5.74, 6) is 0.00633. The highest BCUT2D eigenvalue weighted by Crippen LogP contribution is 2.32. The van der Waals surface area contributed by atoms with Crippen molar-refractivity contribution < 1.29 is 14.3 Å². The van der Waals surface area contributed by atoms with E-state index in [0.29, 0.717) is 12.3 Å². The average Bonchev–Trinajstić information content (AvgIpc) is 2.72. The molecule has 4 rings (SSSR count). The Balaban J connectivity index is 1.83. The Hall–Kier alpha value is -3.66. The van der Waals surface area contributed by atoms with Crippen molar-refractivity contribution >= 4 is 39.1 Å². The van der Waals surface area contributed by atoms with E-state index >= 15 is 0 Å². The molecule has 0 aliphatic heterocycles. The molecule has 144 valence electrons. The lowest BCUT2D eigenvalue weighted by Crippen LogP contribution is -2.28. The zero-order valence-electron chi connectivity index (χ0n) is 16.4. The molecule has 0 bridgehead atoms. The average molecular weight is 383 g/mol. The maximum atomic E-state index is 12.6. The van der Waals surface area contributed by atoms with E-state index < -0.39 is 0 Å². The van der Waals surface area contributed by atoms with Crippen LogP contribution in [0.1, 0.15) is 19.4 Å². The number of ether oxygens (including phenoxy) is 1. The van der Waals surface area contributed by atoms with Crippen LogP contribution in [-0.2, 0) is 16.1 Å². The third-order valence-electron chi connectivity index (χ3n) is 4.99. The molecular weight excluding hydrogens is 362 g/mol. The summed E-state index contributed by atoms with van der Waals surface area (Å²) in [5, 5.41) is 4.17. The lowest BCUT2D eigenvalue weighted by Gasteiger charge is -2.24. The van der Waals surface area contributed by atoms with Gasteiger partial charge < -0.3 is 9.64 Å². The van der Waals surface area contributed by atoms with Crippen molar-refractivity contribution in [1.82, 2.24) is 0 Å². The second kappa shape index (κ2) is 7.76. The molecule has 0 saturated carbocycles. The zero-order chi connectivity index (χ0) is 20.4. The minimum absolute atomic E-state index is 0.0815. The first-order chi connectivity index (χ1) is 14.0. The Bertz CT molecular complexity index is 1230. The van der Waals surface area contributed by atoms with E-state index in [1.807, 2.05) is 72.8 Å². The van der Waals surface area contributed by atoms with Crippen LogP contribution in [0.2, 0.25) is 0 Å². The van der Waals surface area contributed by atoms with E-state index in [1.54, 1.807) is 17.9 Å². The largest absolute Gasteiger partial charge is 0.426 e. The van der Waals surface area contributed by atoms with Gasteiger partial charge in [-0.1, -0.05) is 60.7 Å². The fourth-order valence-electron chi connectivity index (χ4n) is 3.62. The molecule has 0 aliphatic carbocycles. The fourth-order valence-corrected chi connectivity index (χ4v) is 3.62. The first-order valence-electron chi connectivity index (χ1n) is 9.49. The highest BCUT2D eigenvalue weighted by molar-refractivity contribution is 5.96. The third-order valence-corrected chi connectivity index (χ3v) is 4.99. The van der Waals surface area contributed by atoms with Crippen LogP contribution in [0.15, 0.2) is 78.9 Å². The highest BCUT2D eigenvalue weighted by Gasteiger charge is 2.18. The summed E-state index contributed by atoms with van der Waals surface area (Å²) in [5.41, 5.74) is 1.61. The van der Waals surface area contributed by atoms with Gasteiger partial charge in [-0.05, 0) is 39.7 Å². The summed E-state index contributed by atoms with van der Waals surface area (Å²) in [6.45, 7) is 3.23. The molecule has 4 nitrogen and oxygen atoms in total. The number of fused-ring (bicyclic) bond motifs is 2. The Morgan fingerprint density at radius 3 is 2.17 bits per heavy atom. The molecule has 0 heterocycles. The molecule has 0 unspecified atom stereocenters. The van der Waals surface area contributed by atoms with Crippen LogP contribution in [0, 0.1) is 0 Å². The standard InChI is InChI=1S/C25H21NO3/c1-17(27)26(22-13-11-19-7-3-4-9-21(19)15-22)16-24-23-10-6-5-8-20(23)12-14-25(24)29-18(2)28/h3-15H,16H2,1-2H3. The van der Waals surface area contributed by atoms with Crippen molar-refractivity contribution in [2.75, 3.05) is 4.90 Å². The van der Waals surface area contributed by atoms with Gasteiger partial charge in [0, 0.05) is 25.1 Å². The normalized spacial score (nSPS) is 10.8. The summed E-state index contributed by atoms with van der Waals surface area (Å²) in [6, 6.07) is 25.6. The number of nitrogens with zero attached hydrogens (tertiary/aromatic N) is 1. The van der Waals surface area contributed by atoms with Gasteiger partial charge in [0.25, 0.3) is 0 Å². The van der Waals surface area contributed by atoms with Gasteiger partial charge in [-0.3, -0.25) is 9.59 Å². The molecule has 0 fully saturated rings. The molecule has 4 heteroatoms. The molecule has 0 saturated heterocycles. The number of rotatable bonds is 4. The van der Waals surface area contributed by atoms with Crippen LogP contribution in [-0.4, -0.2) is 11.9 Å². The second-order valence-electron chi connectivity index (χ2n) is 6.99. The van der Waals surface area contributed by atoms with Gasteiger partial charge in [-0.25, -0.2) is 0 Å². The van der Waals surface area contributed by atoms with Crippen LogP contribution in [0.5, 0.6) is 5.75 Å². The number of esters is 1. The van der Waals surface area contributed by atoms with Gasteiger partial charge >= 0.3 is 5.97 Å². The van der Waals surface area contributed by atoms with Gasteiger partial charge in [0.15, 0.2) is 0 Å². The molecule has 0 aliphatic rings. The van der Waals surface area contributed by atoms with Crippen LogP contribution in [0.25, 0.3) is 21.5 Å². The molecule has 0 atom stereocenters. The maximum absolute atomic E-state index is 12.6. The monoisotopic (exact) mass is 383 g/mol. The molecule has 0 aromatic heterocycles. The fraction of sp³-hybridized carbons (Fsp3) is 0.120. The van der Waals surface area contributed by atoms with Crippen LogP contribution >= 0.6 is 0 Å². The third kappa shape index (κ3) is 3.83. The maximum Gasteiger partial charge on any atom is 0.308 e. The number of carbonyl (C=O) groups is 2. The Morgan fingerprint density at radius 2 is 1.45 bits per heavy atom. The highest BCUT2D eigenvalue weighted by atomic mass is 16.5. The van der Waals surface area contributed by atoms with Crippen molar-refractivity contribution in [2.24, 2.45) is 0 Å². The summed E-state index contributed by atoms with van der Waals surface area (Å²) in [7, 11) is 0. The lowest BCUT2D eigenvalue weighted by atomic mass is 10.0. The van der Waals surface area contributed by atoms with E-state index in [9.17, 15) is 9.59 Å². The van der Waals surface area contributed by atoms with Crippen molar-refractivity contribution in [3.63, 3.8) is 0 Å². The first-order valence-corrected chi connectivity index (χ1v) is 9.49. The van der Waals surface area contributed by atoms with E-state index in [1.165, 1.54) is 6.92 Å². The Labute approximate surface area is 169 Å². The predicted molar refractivity (Wildman–Crippen MR) is 116 cm³/mol. The number of benzene rings is 4. The molecule has 4 aromatic rings. The van der Waals surface area contributed by atoms with Gasteiger partial charge in [0.05, 0.1) is 6.54 Å². The molecule has 1 amide bonds. The molecule has 0 N–H and O–H groups in total. The van der Waals surface area contributed by atoms with Gasteiger partial charge in [-0.15, -0.1) is 0 Å². The molecular formula is C25H21NO3. The smallest absolute Gasteiger partial charge is 0.308 e. The molecule has 29 heavy (non-hydrogen) atoms. The number of carbonyl (C=O) groups excluding carboxylic acids is 2. The predicted octanol–water partition coefficient (Wildman–Crippen LogP) is 5.47. The Morgan fingerprint density at radius 1 is 0.793 bits per heavy atom. The quantitative estimate of drug-likeness (QED) is 0.347. The number of amides is 1. The lowest BCUT2D eigenvalue weighted by molar-refractivity contribution is -0.131. The van der Waals surface area contributed by atoms with Crippen LogP contribution < -0.4 is 9.64 Å². The molecule has 0 radical (unpaired) electrons. The Kier molecular flexibility index (Phi) is 5.00. The van der Waals surface area contributed by atoms with E-state index in [0.717, 1.165) is 32.8 Å². The van der Waals surface area contributed by atoms with Crippen molar-refractivity contribution in [2.45, 2.75) is 20.4 Å². The van der Waals surface area contributed by atoms with E-state index in [2.05, 4.69) is 0 Å². The number of hydrogen-bond acceptors (Lipinski definition) is 3. The summed E-state index contributed by atoms with van der Waals surface area (Å²) < 4.78 is 5.46.